The van der Waals surface area contributed by atoms with Crippen molar-refractivity contribution in [2.24, 2.45) is 0 Å². The lowest BCUT2D eigenvalue weighted by Gasteiger charge is -2.06. The van der Waals surface area contributed by atoms with Crippen LogP contribution in [0.25, 0.3) is 10.1 Å². The Hall–Kier alpha value is -1.31. The zero-order valence-electron chi connectivity index (χ0n) is 9.14. The second-order valence-electron chi connectivity index (χ2n) is 3.96. The van der Waals surface area contributed by atoms with Crippen LogP contribution in [0, 0.1) is 0 Å². The number of benzene rings is 2. The Morgan fingerprint density at radius 3 is 2.35 bits per heavy atom. The van der Waals surface area contributed by atoms with Gasteiger partial charge in [0.1, 0.15) is 0 Å². The van der Waals surface area contributed by atoms with Crippen LogP contribution in [0.1, 0.15) is 15.8 Å². The van der Waals surface area contributed by atoms with E-state index in [4.69, 9.17) is 11.6 Å². The summed E-state index contributed by atoms with van der Waals surface area (Å²) < 4.78 is 1.30. The van der Waals surface area contributed by atoms with Gasteiger partial charge in [0.15, 0.2) is 0 Å². The van der Waals surface area contributed by atoms with Crippen LogP contribution in [0.4, 0.5) is 0 Å². The van der Waals surface area contributed by atoms with E-state index in [2.05, 4.69) is 42.5 Å². The van der Waals surface area contributed by atoms with Crippen LogP contribution in [0.15, 0.2) is 60.7 Å². The molecule has 1 unspecified atom stereocenters. The predicted octanol–water partition coefficient (Wildman–Crippen LogP) is 5.23. The van der Waals surface area contributed by atoms with Crippen LogP contribution in [-0.4, -0.2) is 0 Å². The second kappa shape index (κ2) is 4.52. The fourth-order valence-electron chi connectivity index (χ4n) is 1.91. The number of rotatable bonds is 2. The van der Waals surface area contributed by atoms with Crippen molar-refractivity contribution in [3.63, 3.8) is 0 Å². The topological polar surface area (TPSA) is 0 Å². The van der Waals surface area contributed by atoms with Gasteiger partial charge in [-0.15, -0.1) is 22.9 Å². The van der Waals surface area contributed by atoms with Gasteiger partial charge in [0, 0.05) is 9.58 Å². The molecule has 84 valence electrons. The smallest absolute Gasteiger partial charge is 0.0928 e. The third kappa shape index (κ3) is 2.08. The Bertz CT molecular complexity index is 594. The highest BCUT2D eigenvalue weighted by molar-refractivity contribution is 7.19. The van der Waals surface area contributed by atoms with Crippen molar-refractivity contribution in [3.8, 4) is 0 Å². The molecular weight excluding hydrogens is 248 g/mol. The maximum absolute atomic E-state index is 6.51. The van der Waals surface area contributed by atoms with Gasteiger partial charge in [0.2, 0.25) is 0 Å². The minimum Gasteiger partial charge on any atom is -0.138 e. The summed E-state index contributed by atoms with van der Waals surface area (Å²) in [6, 6.07) is 20.8. The Labute approximate surface area is 109 Å². The molecule has 0 nitrogen and oxygen atoms in total. The molecule has 2 aromatic carbocycles. The van der Waals surface area contributed by atoms with Gasteiger partial charge in [-0.2, -0.15) is 0 Å². The zero-order valence-corrected chi connectivity index (χ0v) is 10.7. The lowest BCUT2D eigenvalue weighted by molar-refractivity contribution is 1.19. The van der Waals surface area contributed by atoms with E-state index in [9.17, 15) is 0 Å². The molecule has 0 saturated carbocycles. The highest BCUT2D eigenvalue weighted by Crippen LogP contribution is 2.36. The first-order chi connectivity index (χ1) is 8.34. The van der Waals surface area contributed by atoms with E-state index in [0.29, 0.717) is 0 Å². The average molecular weight is 259 g/mol. The maximum Gasteiger partial charge on any atom is 0.0928 e. The minimum absolute atomic E-state index is 0.0476. The highest BCUT2D eigenvalue weighted by Gasteiger charge is 2.13. The van der Waals surface area contributed by atoms with E-state index in [0.717, 1.165) is 5.56 Å². The van der Waals surface area contributed by atoms with Gasteiger partial charge >= 0.3 is 0 Å². The molecule has 1 heterocycles. The van der Waals surface area contributed by atoms with E-state index in [1.54, 1.807) is 11.3 Å². The summed E-state index contributed by atoms with van der Waals surface area (Å²) >= 11 is 8.28. The molecule has 0 fully saturated rings. The summed E-state index contributed by atoms with van der Waals surface area (Å²) in [6.45, 7) is 0. The fourth-order valence-corrected chi connectivity index (χ4v) is 3.33. The SMILES string of the molecule is ClC(c1ccccc1)c1cc2ccccc2s1. The lowest BCUT2D eigenvalue weighted by atomic mass is 10.1. The molecule has 1 atom stereocenters. The molecule has 0 aliphatic carbocycles. The van der Waals surface area contributed by atoms with Crippen molar-refractivity contribution >= 4 is 33.0 Å². The first-order valence-electron chi connectivity index (χ1n) is 5.52. The van der Waals surface area contributed by atoms with Crippen LogP contribution in [0.2, 0.25) is 0 Å². The van der Waals surface area contributed by atoms with E-state index in [1.807, 2.05) is 18.2 Å². The van der Waals surface area contributed by atoms with Crippen LogP contribution >= 0.6 is 22.9 Å². The third-order valence-corrected chi connectivity index (χ3v) is 4.58. The third-order valence-electron chi connectivity index (χ3n) is 2.79. The monoisotopic (exact) mass is 258 g/mol. The Balaban J connectivity index is 2.04. The summed E-state index contributed by atoms with van der Waals surface area (Å²) in [4.78, 5) is 1.21. The highest BCUT2D eigenvalue weighted by atomic mass is 35.5. The van der Waals surface area contributed by atoms with Gasteiger partial charge in [-0.1, -0.05) is 48.5 Å². The summed E-state index contributed by atoms with van der Waals surface area (Å²) in [5, 5.41) is 1.22. The molecule has 17 heavy (non-hydrogen) atoms. The van der Waals surface area contributed by atoms with E-state index in [1.165, 1.54) is 15.0 Å². The molecule has 2 heteroatoms. The van der Waals surface area contributed by atoms with Crippen molar-refractivity contribution in [2.75, 3.05) is 0 Å². The predicted molar refractivity (Wildman–Crippen MR) is 76.0 cm³/mol. The summed E-state index contributed by atoms with van der Waals surface area (Å²) in [6.07, 6.45) is 0. The van der Waals surface area contributed by atoms with Gasteiger partial charge < -0.3 is 0 Å². The molecule has 0 radical (unpaired) electrons. The van der Waals surface area contributed by atoms with Crippen LogP contribution in [-0.2, 0) is 0 Å². The van der Waals surface area contributed by atoms with Crippen molar-refractivity contribution in [1.29, 1.82) is 0 Å². The van der Waals surface area contributed by atoms with E-state index >= 15 is 0 Å². The molecule has 0 saturated heterocycles. The Morgan fingerprint density at radius 2 is 1.59 bits per heavy atom. The molecule has 0 spiro atoms. The minimum atomic E-state index is -0.0476. The molecule has 0 N–H and O–H groups in total. The molecule has 3 rings (SSSR count). The number of fused-ring (bicyclic) bond motifs is 1. The maximum atomic E-state index is 6.51. The van der Waals surface area contributed by atoms with Crippen LogP contribution in [0.5, 0.6) is 0 Å². The van der Waals surface area contributed by atoms with Gasteiger partial charge in [0.05, 0.1) is 5.38 Å². The quantitative estimate of drug-likeness (QED) is 0.552. The number of hydrogen-bond donors (Lipinski definition) is 0. The molecule has 0 aliphatic rings. The normalized spacial score (nSPS) is 12.8. The number of alkyl halides is 1. The van der Waals surface area contributed by atoms with Gasteiger partial charge in [-0.05, 0) is 23.1 Å². The molecule has 0 amide bonds. The fraction of sp³-hybridized carbons (Fsp3) is 0.0667. The van der Waals surface area contributed by atoms with E-state index in [-0.39, 0.29) is 5.38 Å². The number of thiophene rings is 1. The molecule has 3 aromatic rings. The lowest BCUT2D eigenvalue weighted by Crippen LogP contribution is -1.88. The van der Waals surface area contributed by atoms with Gasteiger partial charge in [-0.3, -0.25) is 0 Å². The van der Waals surface area contributed by atoms with Crippen molar-refractivity contribution < 1.29 is 0 Å². The first kappa shape index (κ1) is 10.8. The zero-order chi connectivity index (χ0) is 11.7. The summed E-state index contributed by atoms with van der Waals surface area (Å²) in [5.41, 5.74) is 1.15. The average Bonchev–Trinajstić information content (AvgIpc) is 2.82. The van der Waals surface area contributed by atoms with Gasteiger partial charge in [0.25, 0.3) is 0 Å². The van der Waals surface area contributed by atoms with Crippen molar-refractivity contribution in [2.45, 2.75) is 5.38 Å². The van der Waals surface area contributed by atoms with Crippen molar-refractivity contribution in [3.05, 3.63) is 71.1 Å². The van der Waals surface area contributed by atoms with Crippen LogP contribution in [0.3, 0.4) is 0 Å². The summed E-state index contributed by atoms with van der Waals surface area (Å²) in [7, 11) is 0. The largest absolute Gasteiger partial charge is 0.138 e. The second-order valence-corrected chi connectivity index (χ2v) is 5.51. The molecule has 1 aromatic heterocycles. The standard InChI is InChI=1S/C15H11ClS/c16-15(11-6-2-1-3-7-11)14-10-12-8-4-5-9-13(12)17-14/h1-10,15H. The first-order valence-corrected chi connectivity index (χ1v) is 6.77. The Kier molecular flexibility index (Phi) is 2.87. The number of hydrogen-bond acceptors (Lipinski definition) is 1. The van der Waals surface area contributed by atoms with Crippen LogP contribution < -0.4 is 0 Å². The molecule has 0 aliphatic heterocycles. The van der Waals surface area contributed by atoms with Gasteiger partial charge in [-0.25, -0.2) is 0 Å². The molecular formula is C15H11ClS. The van der Waals surface area contributed by atoms with E-state index < -0.39 is 0 Å². The summed E-state index contributed by atoms with van der Waals surface area (Å²) in [5.74, 6) is 0. The Morgan fingerprint density at radius 1 is 0.882 bits per heavy atom. The number of halogens is 1. The molecule has 0 bridgehead atoms. The van der Waals surface area contributed by atoms with Crippen molar-refractivity contribution in [1.82, 2.24) is 0 Å².